The highest BCUT2D eigenvalue weighted by molar-refractivity contribution is 5.73. The van der Waals surface area contributed by atoms with Crippen LogP contribution in [-0.4, -0.2) is 31.8 Å². The predicted octanol–water partition coefficient (Wildman–Crippen LogP) is 0.440. The lowest BCUT2D eigenvalue weighted by Crippen LogP contribution is -2.33. The van der Waals surface area contributed by atoms with Gasteiger partial charge in [-0.2, -0.15) is 0 Å². The van der Waals surface area contributed by atoms with Crippen LogP contribution in [0.2, 0.25) is 0 Å². The molecule has 15 heavy (non-hydrogen) atoms. The third kappa shape index (κ3) is 4.29. The van der Waals surface area contributed by atoms with Crippen molar-refractivity contribution in [3.05, 3.63) is 0 Å². The molecule has 0 spiro atoms. The second-order valence-electron chi connectivity index (χ2n) is 3.48. The first kappa shape index (κ1) is 12.0. The van der Waals surface area contributed by atoms with Gasteiger partial charge < -0.3 is 14.8 Å². The summed E-state index contributed by atoms with van der Waals surface area (Å²) in [7, 11) is 0. The van der Waals surface area contributed by atoms with Gasteiger partial charge in [-0.15, -0.1) is 0 Å². The minimum atomic E-state index is -0.354. The van der Waals surface area contributed by atoms with Gasteiger partial charge in [-0.1, -0.05) is 6.92 Å². The molecule has 5 heteroatoms. The lowest BCUT2D eigenvalue weighted by Gasteiger charge is -2.20. The summed E-state index contributed by atoms with van der Waals surface area (Å²) < 4.78 is 9.50. The Balaban J connectivity index is 2.14. The fourth-order valence-electron chi connectivity index (χ4n) is 1.43. The maximum atomic E-state index is 11.4. The van der Waals surface area contributed by atoms with Crippen molar-refractivity contribution in [1.29, 1.82) is 0 Å². The number of rotatable bonds is 4. The molecule has 0 bridgehead atoms. The van der Waals surface area contributed by atoms with E-state index in [0.29, 0.717) is 6.42 Å². The largest absolute Gasteiger partial charge is 0.428 e. The number of hydrogen-bond acceptors (Lipinski definition) is 5. The number of hydrogen-bond donors (Lipinski definition) is 1. The first-order valence-corrected chi connectivity index (χ1v) is 5.27. The molecule has 1 rings (SSSR count). The van der Waals surface area contributed by atoms with Crippen molar-refractivity contribution in [2.45, 2.75) is 26.2 Å². The average Bonchev–Trinajstić information content (AvgIpc) is 2.29. The molecule has 1 saturated heterocycles. The molecule has 5 nitrogen and oxygen atoms in total. The summed E-state index contributed by atoms with van der Waals surface area (Å²) in [5.74, 6) is -0.667. The highest BCUT2D eigenvalue weighted by atomic mass is 16.7. The summed E-state index contributed by atoms with van der Waals surface area (Å²) in [5, 5.41) is 3.16. The van der Waals surface area contributed by atoms with Gasteiger partial charge in [0.2, 0.25) is 6.79 Å². The van der Waals surface area contributed by atoms with Crippen LogP contribution in [0.1, 0.15) is 26.2 Å². The summed E-state index contributed by atoms with van der Waals surface area (Å²) in [6, 6.07) is 0. The molecule has 0 unspecified atom stereocenters. The van der Waals surface area contributed by atoms with Crippen LogP contribution in [0.5, 0.6) is 0 Å². The molecule has 0 aromatic rings. The molecule has 0 radical (unpaired) electrons. The van der Waals surface area contributed by atoms with E-state index in [0.717, 1.165) is 25.9 Å². The van der Waals surface area contributed by atoms with Crippen molar-refractivity contribution in [1.82, 2.24) is 5.32 Å². The van der Waals surface area contributed by atoms with Crippen molar-refractivity contribution in [3.8, 4) is 0 Å². The zero-order chi connectivity index (χ0) is 11.1. The van der Waals surface area contributed by atoms with Crippen molar-refractivity contribution >= 4 is 11.9 Å². The van der Waals surface area contributed by atoms with Crippen LogP contribution < -0.4 is 5.32 Å². The highest BCUT2D eigenvalue weighted by Crippen LogP contribution is 2.13. The van der Waals surface area contributed by atoms with E-state index >= 15 is 0 Å². The normalized spacial score (nSPS) is 17.1. The third-order valence-corrected chi connectivity index (χ3v) is 2.38. The van der Waals surface area contributed by atoms with E-state index in [2.05, 4.69) is 10.1 Å². The number of carbonyl (C=O) groups is 2. The summed E-state index contributed by atoms with van der Waals surface area (Å²) in [6.45, 7) is 3.12. The first-order chi connectivity index (χ1) is 7.24. The predicted molar refractivity (Wildman–Crippen MR) is 52.9 cm³/mol. The number of ether oxygens (including phenoxy) is 2. The van der Waals surface area contributed by atoms with E-state index in [9.17, 15) is 9.59 Å². The second kappa shape index (κ2) is 6.40. The zero-order valence-electron chi connectivity index (χ0n) is 8.95. The molecule has 0 amide bonds. The maximum Gasteiger partial charge on any atom is 0.311 e. The summed E-state index contributed by atoms with van der Waals surface area (Å²) in [6.07, 6.45) is 1.88. The number of piperidine rings is 1. The Bertz CT molecular complexity index is 223. The van der Waals surface area contributed by atoms with Crippen LogP contribution in [0, 0.1) is 5.92 Å². The third-order valence-electron chi connectivity index (χ3n) is 2.38. The molecule has 1 heterocycles. The summed E-state index contributed by atoms with van der Waals surface area (Å²) in [5.41, 5.74) is 0. The van der Waals surface area contributed by atoms with Crippen molar-refractivity contribution < 1.29 is 19.1 Å². The molecule has 0 saturated carbocycles. The second-order valence-corrected chi connectivity index (χ2v) is 3.48. The topological polar surface area (TPSA) is 64.6 Å². The fourth-order valence-corrected chi connectivity index (χ4v) is 1.43. The molecule has 0 aliphatic carbocycles. The standard InChI is InChI=1S/C10H17NO4/c1-2-9(12)14-7-15-10(13)8-3-5-11-6-4-8/h8,11H,2-7H2,1H3. The maximum absolute atomic E-state index is 11.4. The van der Waals surface area contributed by atoms with Gasteiger partial charge in [0.05, 0.1) is 5.92 Å². The molecular formula is C10H17NO4. The summed E-state index contributed by atoms with van der Waals surface area (Å²) >= 11 is 0. The minimum absolute atomic E-state index is 0.0495. The molecule has 1 aliphatic rings. The van der Waals surface area contributed by atoms with Gasteiger partial charge in [0.25, 0.3) is 0 Å². The molecular weight excluding hydrogens is 198 g/mol. The van der Waals surface area contributed by atoms with Gasteiger partial charge in [-0.05, 0) is 25.9 Å². The van der Waals surface area contributed by atoms with Crippen LogP contribution in [0.25, 0.3) is 0 Å². The van der Waals surface area contributed by atoms with Gasteiger partial charge in [-0.25, -0.2) is 0 Å². The number of carbonyl (C=O) groups excluding carboxylic acids is 2. The Morgan fingerprint density at radius 3 is 2.53 bits per heavy atom. The lowest BCUT2D eigenvalue weighted by molar-refractivity contribution is -0.170. The molecule has 1 aliphatic heterocycles. The van der Waals surface area contributed by atoms with E-state index in [4.69, 9.17) is 4.74 Å². The van der Waals surface area contributed by atoms with Crippen molar-refractivity contribution in [2.75, 3.05) is 19.9 Å². The molecule has 0 aromatic carbocycles. The highest BCUT2D eigenvalue weighted by Gasteiger charge is 2.22. The van der Waals surface area contributed by atoms with Crippen LogP contribution >= 0.6 is 0 Å². The van der Waals surface area contributed by atoms with Gasteiger partial charge in [0.15, 0.2) is 0 Å². The fraction of sp³-hybridized carbons (Fsp3) is 0.800. The van der Waals surface area contributed by atoms with Crippen LogP contribution in [0.3, 0.4) is 0 Å². The van der Waals surface area contributed by atoms with Crippen LogP contribution in [0.4, 0.5) is 0 Å². The molecule has 0 atom stereocenters. The van der Waals surface area contributed by atoms with Gasteiger partial charge in [0, 0.05) is 6.42 Å². The van der Waals surface area contributed by atoms with Gasteiger partial charge in [-0.3, -0.25) is 9.59 Å². The Morgan fingerprint density at radius 1 is 1.27 bits per heavy atom. The Morgan fingerprint density at radius 2 is 1.93 bits per heavy atom. The first-order valence-electron chi connectivity index (χ1n) is 5.27. The van der Waals surface area contributed by atoms with E-state index in [1.807, 2.05) is 0 Å². The monoisotopic (exact) mass is 215 g/mol. The van der Waals surface area contributed by atoms with Crippen molar-refractivity contribution in [3.63, 3.8) is 0 Å². The summed E-state index contributed by atoms with van der Waals surface area (Å²) in [4.78, 5) is 22.2. The SMILES string of the molecule is CCC(=O)OCOC(=O)C1CCNCC1. The van der Waals surface area contributed by atoms with Crippen molar-refractivity contribution in [2.24, 2.45) is 5.92 Å². The quantitative estimate of drug-likeness (QED) is 0.544. The average molecular weight is 215 g/mol. The molecule has 86 valence electrons. The van der Waals surface area contributed by atoms with E-state index in [1.165, 1.54) is 0 Å². The molecule has 1 N–H and O–H groups in total. The van der Waals surface area contributed by atoms with Crippen LogP contribution in [-0.2, 0) is 19.1 Å². The van der Waals surface area contributed by atoms with Gasteiger partial charge >= 0.3 is 11.9 Å². The number of nitrogens with one attached hydrogen (secondary N) is 1. The minimum Gasteiger partial charge on any atom is -0.428 e. The van der Waals surface area contributed by atoms with E-state index in [1.54, 1.807) is 6.92 Å². The van der Waals surface area contributed by atoms with E-state index in [-0.39, 0.29) is 24.6 Å². The lowest BCUT2D eigenvalue weighted by atomic mass is 9.99. The molecule has 0 aromatic heterocycles. The zero-order valence-corrected chi connectivity index (χ0v) is 8.95. The Hall–Kier alpha value is -1.10. The molecule has 1 fully saturated rings. The Labute approximate surface area is 89.1 Å². The smallest absolute Gasteiger partial charge is 0.311 e. The van der Waals surface area contributed by atoms with E-state index < -0.39 is 0 Å². The van der Waals surface area contributed by atoms with Gasteiger partial charge in [0.1, 0.15) is 0 Å². The number of esters is 2. The van der Waals surface area contributed by atoms with Crippen LogP contribution in [0.15, 0.2) is 0 Å². The Kier molecular flexibility index (Phi) is 5.10.